The Kier molecular flexibility index (Phi) is 4.56. The van der Waals surface area contributed by atoms with Crippen LogP contribution in [0.4, 0.5) is 5.82 Å². The van der Waals surface area contributed by atoms with E-state index in [0.29, 0.717) is 19.0 Å². The summed E-state index contributed by atoms with van der Waals surface area (Å²) in [5.74, 6) is 0.793. The molecule has 1 aliphatic rings. The van der Waals surface area contributed by atoms with Gasteiger partial charge in [0.1, 0.15) is 11.6 Å². The maximum atomic E-state index is 12.0. The molecular weight excluding hydrogens is 270 g/mol. The highest BCUT2D eigenvalue weighted by Crippen LogP contribution is 2.35. The molecule has 6 heteroatoms. The van der Waals surface area contributed by atoms with Gasteiger partial charge >= 0.3 is 5.97 Å². The molecule has 0 radical (unpaired) electrons. The SMILES string of the molecule is CCOC(=O)c1nc(CC)n(C2CCOC(C)(C)C2)c1N. The Morgan fingerprint density at radius 2 is 2.24 bits per heavy atom. The lowest BCUT2D eigenvalue weighted by atomic mass is 9.93. The Balaban J connectivity index is 2.36. The number of aryl methyl sites for hydroxylation is 1. The van der Waals surface area contributed by atoms with E-state index < -0.39 is 5.97 Å². The maximum absolute atomic E-state index is 12.0. The van der Waals surface area contributed by atoms with Crippen LogP contribution in [-0.2, 0) is 15.9 Å². The fourth-order valence-electron chi connectivity index (χ4n) is 2.92. The number of nitrogen functional groups attached to an aromatic ring is 1. The van der Waals surface area contributed by atoms with E-state index in [1.54, 1.807) is 6.92 Å². The van der Waals surface area contributed by atoms with Crippen LogP contribution in [0.1, 0.15) is 62.9 Å². The van der Waals surface area contributed by atoms with Crippen molar-refractivity contribution >= 4 is 11.8 Å². The lowest BCUT2D eigenvalue weighted by molar-refractivity contribution is -0.0691. The maximum Gasteiger partial charge on any atom is 0.360 e. The molecular formula is C15H25N3O3. The van der Waals surface area contributed by atoms with Crippen LogP contribution in [0.5, 0.6) is 0 Å². The van der Waals surface area contributed by atoms with Crippen molar-refractivity contribution in [2.45, 2.75) is 58.6 Å². The molecule has 1 unspecified atom stereocenters. The van der Waals surface area contributed by atoms with Gasteiger partial charge in [0.05, 0.1) is 12.2 Å². The third-order valence-corrected chi connectivity index (χ3v) is 3.84. The van der Waals surface area contributed by atoms with Crippen LogP contribution < -0.4 is 5.73 Å². The van der Waals surface area contributed by atoms with Crippen LogP contribution in [0, 0.1) is 0 Å². The first kappa shape index (κ1) is 15.8. The first-order valence-electron chi connectivity index (χ1n) is 7.57. The fraction of sp³-hybridized carbons (Fsp3) is 0.733. The summed E-state index contributed by atoms with van der Waals surface area (Å²) in [6, 6.07) is 0.208. The normalized spacial score (nSPS) is 21.2. The first-order valence-corrected chi connectivity index (χ1v) is 7.57. The lowest BCUT2D eigenvalue weighted by Crippen LogP contribution is -2.35. The number of nitrogens with two attached hydrogens (primary N) is 1. The number of esters is 1. The third-order valence-electron chi connectivity index (χ3n) is 3.84. The van der Waals surface area contributed by atoms with Crippen LogP contribution in [0.3, 0.4) is 0 Å². The predicted molar refractivity (Wildman–Crippen MR) is 80.3 cm³/mol. The molecule has 0 amide bonds. The summed E-state index contributed by atoms with van der Waals surface area (Å²) >= 11 is 0. The first-order chi connectivity index (χ1) is 9.89. The number of rotatable bonds is 4. The minimum Gasteiger partial charge on any atom is -0.461 e. The number of imidazole rings is 1. The third kappa shape index (κ3) is 3.20. The molecule has 0 saturated carbocycles. The van der Waals surface area contributed by atoms with Gasteiger partial charge in [0.2, 0.25) is 0 Å². The summed E-state index contributed by atoms with van der Waals surface area (Å²) in [6.07, 6.45) is 2.45. The topological polar surface area (TPSA) is 79.4 Å². The zero-order valence-electron chi connectivity index (χ0n) is 13.3. The second-order valence-electron chi connectivity index (χ2n) is 5.96. The molecule has 1 saturated heterocycles. The number of anilines is 1. The number of nitrogens with zero attached hydrogens (tertiary/aromatic N) is 2. The molecule has 1 aromatic heterocycles. The summed E-state index contributed by atoms with van der Waals surface area (Å²) in [7, 11) is 0. The van der Waals surface area contributed by atoms with Crippen molar-refractivity contribution in [3.8, 4) is 0 Å². The van der Waals surface area contributed by atoms with Crippen molar-refractivity contribution in [3.05, 3.63) is 11.5 Å². The van der Waals surface area contributed by atoms with Crippen molar-refractivity contribution in [2.24, 2.45) is 0 Å². The second-order valence-corrected chi connectivity index (χ2v) is 5.96. The van der Waals surface area contributed by atoms with Gasteiger partial charge in [0, 0.05) is 19.1 Å². The molecule has 1 fully saturated rings. The van der Waals surface area contributed by atoms with Gasteiger partial charge in [-0.25, -0.2) is 9.78 Å². The molecule has 118 valence electrons. The van der Waals surface area contributed by atoms with E-state index in [2.05, 4.69) is 18.8 Å². The van der Waals surface area contributed by atoms with Gasteiger partial charge in [-0.2, -0.15) is 0 Å². The second kappa shape index (κ2) is 6.05. The summed E-state index contributed by atoms with van der Waals surface area (Å²) in [4.78, 5) is 16.3. The van der Waals surface area contributed by atoms with E-state index in [0.717, 1.165) is 25.1 Å². The minimum absolute atomic E-state index is 0.186. The highest BCUT2D eigenvalue weighted by Gasteiger charge is 2.33. The van der Waals surface area contributed by atoms with Crippen molar-refractivity contribution in [3.63, 3.8) is 0 Å². The fourth-order valence-corrected chi connectivity index (χ4v) is 2.92. The van der Waals surface area contributed by atoms with Gasteiger partial charge in [-0.3, -0.25) is 0 Å². The van der Waals surface area contributed by atoms with Gasteiger partial charge < -0.3 is 19.8 Å². The van der Waals surface area contributed by atoms with Crippen molar-refractivity contribution in [1.29, 1.82) is 0 Å². The Hall–Kier alpha value is -1.56. The number of aromatic nitrogens is 2. The molecule has 0 spiro atoms. The number of carbonyl (C=O) groups is 1. The molecule has 1 aliphatic heterocycles. The van der Waals surface area contributed by atoms with Crippen LogP contribution >= 0.6 is 0 Å². The predicted octanol–water partition coefficient (Wildman–Crippen LogP) is 2.33. The molecule has 6 nitrogen and oxygen atoms in total. The summed E-state index contributed by atoms with van der Waals surface area (Å²) in [5, 5.41) is 0. The molecule has 0 bridgehead atoms. The van der Waals surface area contributed by atoms with E-state index in [4.69, 9.17) is 15.2 Å². The molecule has 1 atom stereocenters. The Morgan fingerprint density at radius 3 is 2.81 bits per heavy atom. The Labute approximate surface area is 125 Å². The monoisotopic (exact) mass is 295 g/mol. The molecule has 2 rings (SSSR count). The van der Waals surface area contributed by atoms with E-state index in [-0.39, 0.29) is 17.3 Å². The minimum atomic E-state index is -0.449. The largest absolute Gasteiger partial charge is 0.461 e. The van der Waals surface area contributed by atoms with E-state index >= 15 is 0 Å². The highest BCUT2D eigenvalue weighted by molar-refractivity contribution is 5.92. The quantitative estimate of drug-likeness (QED) is 0.862. The summed E-state index contributed by atoms with van der Waals surface area (Å²) < 4.78 is 12.8. The molecule has 1 aromatic rings. The molecule has 2 N–H and O–H groups in total. The van der Waals surface area contributed by atoms with Crippen LogP contribution in [0.25, 0.3) is 0 Å². The molecule has 21 heavy (non-hydrogen) atoms. The number of hydrogen-bond acceptors (Lipinski definition) is 5. The lowest BCUT2D eigenvalue weighted by Gasteiger charge is -2.37. The average Bonchev–Trinajstić information content (AvgIpc) is 2.75. The van der Waals surface area contributed by atoms with Crippen LogP contribution in [0.2, 0.25) is 0 Å². The van der Waals surface area contributed by atoms with Gasteiger partial charge in [-0.05, 0) is 33.6 Å². The molecule has 0 aliphatic carbocycles. The number of ether oxygens (including phenoxy) is 2. The molecule has 2 heterocycles. The number of hydrogen-bond donors (Lipinski definition) is 1. The zero-order chi connectivity index (χ0) is 15.6. The van der Waals surface area contributed by atoms with Gasteiger partial charge in [0.25, 0.3) is 0 Å². The zero-order valence-corrected chi connectivity index (χ0v) is 13.3. The van der Waals surface area contributed by atoms with E-state index in [1.165, 1.54) is 0 Å². The summed E-state index contributed by atoms with van der Waals surface area (Å²) in [5.41, 5.74) is 6.24. The Morgan fingerprint density at radius 1 is 1.52 bits per heavy atom. The van der Waals surface area contributed by atoms with E-state index in [1.807, 2.05) is 11.5 Å². The molecule has 0 aromatic carbocycles. The van der Waals surface area contributed by atoms with Gasteiger partial charge in [-0.15, -0.1) is 0 Å². The van der Waals surface area contributed by atoms with Gasteiger partial charge in [-0.1, -0.05) is 6.92 Å². The Bertz CT molecular complexity index is 522. The van der Waals surface area contributed by atoms with Crippen LogP contribution in [-0.4, -0.2) is 34.3 Å². The average molecular weight is 295 g/mol. The van der Waals surface area contributed by atoms with Gasteiger partial charge in [0.15, 0.2) is 5.69 Å². The number of carbonyl (C=O) groups excluding carboxylic acids is 1. The smallest absolute Gasteiger partial charge is 0.360 e. The summed E-state index contributed by atoms with van der Waals surface area (Å²) in [6.45, 7) is 8.93. The van der Waals surface area contributed by atoms with Crippen molar-refractivity contribution in [2.75, 3.05) is 18.9 Å². The van der Waals surface area contributed by atoms with Crippen molar-refractivity contribution in [1.82, 2.24) is 9.55 Å². The highest BCUT2D eigenvalue weighted by atomic mass is 16.5. The van der Waals surface area contributed by atoms with Crippen LogP contribution in [0.15, 0.2) is 0 Å². The van der Waals surface area contributed by atoms with Crippen molar-refractivity contribution < 1.29 is 14.3 Å². The van der Waals surface area contributed by atoms with E-state index in [9.17, 15) is 4.79 Å². The standard InChI is InChI=1S/C15H25N3O3/c1-5-11-17-12(14(19)20-6-2)13(16)18(11)10-7-8-21-15(3,4)9-10/h10H,5-9,16H2,1-4H3.